The van der Waals surface area contributed by atoms with Gasteiger partial charge in [0.15, 0.2) is 0 Å². The van der Waals surface area contributed by atoms with Crippen LogP contribution < -0.4 is 0 Å². The van der Waals surface area contributed by atoms with Crippen molar-refractivity contribution in [3.63, 3.8) is 0 Å². The Morgan fingerprint density at radius 2 is 1.71 bits per heavy atom. The minimum absolute atomic E-state index is 0.00112. The average molecular weight is 295 g/mol. The van der Waals surface area contributed by atoms with Crippen LogP contribution in [0.1, 0.15) is 32.6 Å². The highest BCUT2D eigenvalue weighted by molar-refractivity contribution is 5.82. The molecule has 5 heteroatoms. The fourth-order valence-corrected chi connectivity index (χ4v) is 4.25. The standard InChI is InChI=1S/C16H29N3O2/c1-13(18-9-11-21-12-10-18)16(20)19-8-4-6-15(19)14-5-3-7-17(14)2/h13-15H,3-12H2,1-2H3/t13-,14+,15-/m1/s1. The quantitative estimate of drug-likeness (QED) is 0.771. The molecule has 3 aliphatic rings. The summed E-state index contributed by atoms with van der Waals surface area (Å²) in [5, 5.41) is 0. The fraction of sp³-hybridized carbons (Fsp3) is 0.938. The van der Waals surface area contributed by atoms with Gasteiger partial charge in [0, 0.05) is 31.7 Å². The predicted molar refractivity (Wildman–Crippen MR) is 82.2 cm³/mol. The normalized spacial score (nSPS) is 33.5. The van der Waals surface area contributed by atoms with Crippen molar-refractivity contribution in [3.05, 3.63) is 0 Å². The lowest BCUT2D eigenvalue weighted by Gasteiger charge is -2.38. The molecule has 0 aromatic carbocycles. The first-order chi connectivity index (χ1) is 10.2. The number of likely N-dealkylation sites (N-methyl/N-ethyl adjacent to an activating group) is 1. The Morgan fingerprint density at radius 3 is 2.38 bits per heavy atom. The second-order valence-electron chi connectivity index (χ2n) is 6.76. The van der Waals surface area contributed by atoms with E-state index in [9.17, 15) is 4.79 Å². The molecule has 120 valence electrons. The third-order valence-electron chi connectivity index (χ3n) is 5.55. The Labute approximate surface area is 128 Å². The number of amides is 1. The van der Waals surface area contributed by atoms with E-state index < -0.39 is 0 Å². The van der Waals surface area contributed by atoms with Crippen molar-refractivity contribution in [2.45, 2.75) is 50.7 Å². The summed E-state index contributed by atoms with van der Waals surface area (Å²) in [4.78, 5) is 19.9. The smallest absolute Gasteiger partial charge is 0.239 e. The molecule has 0 spiro atoms. The molecule has 0 radical (unpaired) electrons. The molecule has 0 saturated carbocycles. The summed E-state index contributed by atoms with van der Waals surface area (Å²) in [6.45, 7) is 7.48. The molecular formula is C16H29N3O2. The van der Waals surface area contributed by atoms with Crippen LogP contribution >= 0.6 is 0 Å². The van der Waals surface area contributed by atoms with Gasteiger partial charge in [0.25, 0.3) is 0 Å². The van der Waals surface area contributed by atoms with Crippen LogP contribution in [-0.4, -0.2) is 85.2 Å². The lowest BCUT2D eigenvalue weighted by molar-refractivity contribution is -0.139. The Bertz CT molecular complexity index is 371. The van der Waals surface area contributed by atoms with Crippen molar-refractivity contribution >= 4 is 5.91 Å². The van der Waals surface area contributed by atoms with E-state index in [0.29, 0.717) is 18.0 Å². The van der Waals surface area contributed by atoms with Gasteiger partial charge in [0.1, 0.15) is 0 Å². The molecule has 0 aromatic rings. The van der Waals surface area contributed by atoms with Gasteiger partial charge in [0.05, 0.1) is 19.3 Å². The van der Waals surface area contributed by atoms with E-state index in [2.05, 4.69) is 28.7 Å². The van der Waals surface area contributed by atoms with Crippen molar-refractivity contribution in [1.82, 2.24) is 14.7 Å². The third kappa shape index (κ3) is 3.10. The molecule has 3 heterocycles. The van der Waals surface area contributed by atoms with Gasteiger partial charge >= 0.3 is 0 Å². The fourth-order valence-electron chi connectivity index (χ4n) is 4.25. The lowest BCUT2D eigenvalue weighted by Crippen LogP contribution is -2.54. The van der Waals surface area contributed by atoms with Crippen molar-refractivity contribution in [3.8, 4) is 0 Å². The molecule has 3 aliphatic heterocycles. The number of morpholine rings is 1. The highest BCUT2D eigenvalue weighted by Gasteiger charge is 2.40. The zero-order valence-corrected chi connectivity index (χ0v) is 13.5. The second-order valence-corrected chi connectivity index (χ2v) is 6.76. The third-order valence-corrected chi connectivity index (χ3v) is 5.55. The summed E-state index contributed by atoms with van der Waals surface area (Å²) < 4.78 is 5.40. The summed E-state index contributed by atoms with van der Waals surface area (Å²) in [6, 6.07) is 1.02. The van der Waals surface area contributed by atoms with E-state index >= 15 is 0 Å². The van der Waals surface area contributed by atoms with Crippen LogP contribution in [0.25, 0.3) is 0 Å². The zero-order chi connectivity index (χ0) is 14.8. The maximum atomic E-state index is 12.9. The minimum Gasteiger partial charge on any atom is -0.379 e. The topological polar surface area (TPSA) is 36.0 Å². The van der Waals surface area contributed by atoms with Gasteiger partial charge in [-0.3, -0.25) is 9.69 Å². The molecule has 0 aliphatic carbocycles. The van der Waals surface area contributed by atoms with Crippen molar-refractivity contribution in [1.29, 1.82) is 0 Å². The molecule has 3 saturated heterocycles. The van der Waals surface area contributed by atoms with E-state index in [1.54, 1.807) is 0 Å². The van der Waals surface area contributed by atoms with Crippen molar-refractivity contribution in [2.75, 3.05) is 46.4 Å². The number of rotatable bonds is 3. The Morgan fingerprint density at radius 1 is 1.05 bits per heavy atom. The molecule has 0 N–H and O–H groups in total. The second kappa shape index (κ2) is 6.63. The van der Waals surface area contributed by atoms with Gasteiger partial charge in [-0.2, -0.15) is 0 Å². The van der Waals surface area contributed by atoms with Gasteiger partial charge in [-0.25, -0.2) is 0 Å². The Balaban J connectivity index is 1.64. The van der Waals surface area contributed by atoms with Gasteiger partial charge in [0.2, 0.25) is 5.91 Å². The first kappa shape index (κ1) is 15.3. The van der Waals surface area contributed by atoms with E-state index in [1.165, 1.54) is 25.8 Å². The van der Waals surface area contributed by atoms with Crippen LogP contribution in [0.5, 0.6) is 0 Å². The number of carbonyl (C=O) groups excluding carboxylic acids is 1. The van der Waals surface area contributed by atoms with Gasteiger partial charge in [-0.05, 0) is 46.2 Å². The van der Waals surface area contributed by atoms with E-state index in [4.69, 9.17) is 4.74 Å². The number of hydrogen-bond donors (Lipinski definition) is 0. The van der Waals surface area contributed by atoms with Crippen LogP contribution in [0.4, 0.5) is 0 Å². The van der Waals surface area contributed by atoms with Crippen LogP contribution in [-0.2, 0) is 9.53 Å². The van der Waals surface area contributed by atoms with Crippen molar-refractivity contribution in [2.24, 2.45) is 0 Å². The summed E-state index contributed by atoms with van der Waals surface area (Å²) >= 11 is 0. The molecule has 3 atom stereocenters. The first-order valence-electron chi connectivity index (χ1n) is 8.51. The average Bonchev–Trinajstić information content (AvgIpc) is 3.14. The van der Waals surface area contributed by atoms with Gasteiger partial charge in [-0.1, -0.05) is 0 Å². The highest BCUT2D eigenvalue weighted by Crippen LogP contribution is 2.29. The number of nitrogens with zero attached hydrogens (tertiary/aromatic N) is 3. The largest absolute Gasteiger partial charge is 0.379 e. The number of carbonyl (C=O) groups is 1. The van der Waals surface area contributed by atoms with Crippen LogP contribution in [0.2, 0.25) is 0 Å². The van der Waals surface area contributed by atoms with E-state index in [-0.39, 0.29) is 6.04 Å². The summed E-state index contributed by atoms with van der Waals surface area (Å²) in [5.41, 5.74) is 0. The highest BCUT2D eigenvalue weighted by atomic mass is 16.5. The lowest BCUT2D eigenvalue weighted by atomic mass is 10.0. The van der Waals surface area contributed by atoms with Gasteiger partial charge < -0.3 is 14.5 Å². The van der Waals surface area contributed by atoms with E-state index in [1.807, 2.05) is 0 Å². The molecule has 0 aromatic heterocycles. The monoisotopic (exact) mass is 295 g/mol. The van der Waals surface area contributed by atoms with Crippen LogP contribution in [0.3, 0.4) is 0 Å². The molecule has 21 heavy (non-hydrogen) atoms. The summed E-state index contributed by atoms with van der Waals surface area (Å²) in [7, 11) is 2.21. The van der Waals surface area contributed by atoms with Crippen LogP contribution in [0, 0.1) is 0 Å². The van der Waals surface area contributed by atoms with Crippen LogP contribution in [0.15, 0.2) is 0 Å². The van der Waals surface area contributed by atoms with Gasteiger partial charge in [-0.15, -0.1) is 0 Å². The molecule has 1 amide bonds. The number of ether oxygens (including phenoxy) is 1. The van der Waals surface area contributed by atoms with E-state index in [0.717, 1.165) is 39.3 Å². The molecule has 5 nitrogen and oxygen atoms in total. The maximum absolute atomic E-state index is 12.9. The number of hydrogen-bond acceptors (Lipinski definition) is 4. The molecule has 0 unspecified atom stereocenters. The Hall–Kier alpha value is -0.650. The zero-order valence-electron chi connectivity index (χ0n) is 13.5. The molecule has 3 rings (SSSR count). The Kier molecular flexibility index (Phi) is 4.82. The SMILES string of the molecule is C[C@H](C(=O)N1CCC[C@@H]1[C@@H]1CCCN1C)N1CCOCC1. The first-order valence-corrected chi connectivity index (χ1v) is 8.51. The summed E-state index contributed by atoms with van der Waals surface area (Å²) in [5.74, 6) is 0.333. The minimum atomic E-state index is 0.00112. The molecule has 3 fully saturated rings. The molecule has 0 bridgehead atoms. The number of likely N-dealkylation sites (tertiary alicyclic amines) is 2. The summed E-state index contributed by atoms with van der Waals surface area (Å²) in [6.07, 6.45) is 4.86. The maximum Gasteiger partial charge on any atom is 0.239 e. The molecular weight excluding hydrogens is 266 g/mol. The predicted octanol–water partition coefficient (Wildman–Crippen LogP) is 0.792. The van der Waals surface area contributed by atoms with Crippen molar-refractivity contribution < 1.29 is 9.53 Å².